The van der Waals surface area contributed by atoms with Gasteiger partial charge in [0.1, 0.15) is 13.2 Å². The van der Waals surface area contributed by atoms with Gasteiger partial charge in [-0.2, -0.15) is 0 Å². The fourth-order valence-electron chi connectivity index (χ4n) is 7.28. The van der Waals surface area contributed by atoms with Gasteiger partial charge in [-0.1, -0.05) is 213 Å². The molecule has 0 saturated heterocycles. The molecule has 0 radical (unpaired) electrons. The molecule has 0 heterocycles. The Morgan fingerprint density at radius 3 is 0.899 bits per heavy atom. The van der Waals surface area contributed by atoms with Gasteiger partial charge in [-0.3, -0.25) is 14.4 Å². The Morgan fingerprint density at radius 2 is 0.565 bits per heavy atom. The van der Waals surface area contributed by atoms with Gasteiger partial charge in [0.15, 0.2) is 6.10 Å². The highest BCUT2D eigenvalue weighted by molar-refractivity contribution is 5.71. The van der Waals surface area contributed by atoms with E-state index in [0.717, 1.165) is 148 Å². The zero-order valence-corrected chi connectivity index (χ0v) is 44.5. The third-order valence-electron chi connectivity index (χ3n) is 11.4. The summed E-state index contributed by atoms with van der Waals surface area (Å²) in [6.45, 7) is 6.33. The van der Waals surface area contributed by atoms with Gasteiger partial charge < -0.3 is 14.2 Å². The monoisotopic (exact) mass is 955 g/mol. The molecule has 0 N–H and O–H groups in total. The molecule has 0 fully saturated rings. The third kappa shape index (κ3) is 54.6. The first kappa shape index (κ1) is 64.8. The lowest BCUT2D eigenvalue weighted by atomic mass is 10.1. The van der Waals surface area contributed by atoms with Crippen LogP contribution in [-0.2, 0) is 28.6 Å². The average molecular weight is 956 g/mol. The highest BCUT2D eigenvalue weighted by Crippen LogP contribution is 2.13. The molecule has 390 valence electrons. The SMILES string of the molecule is CC/C=C\C/C=C\C/C=C\C/C=C\C/C=C\CCCCCC(=O)OCC(COC(=O)CCCCCCC/C=C\C/C=C\C/C=C\CC)OC(=O)CCCCCCCCC/C=C\C/C=C\CCCCC. The lowest BCUT2D eigenvalue weighted by Gasteiger charge is -2.18. The van der Waals surface area contributed by atoms with Crippen molar-refractivity contribution < 1.29 is 28.6 Å². The maximum atomic E-state index is 12.9. The van der Waals surface area contributed by atoms with Crippen LogP contribution in [0.5, 0.6) is 0 Å². The molecule has 0 amide bonds. The van der Waals surface area contributed by atoms with Gasteiger partial charge in [-0.15, -0.1) is 0 Å². The van der Waals surface area contributed by atoms with E-state index in [2.05, 4.69) is 142 Å². The predicted molar refractivity (Wildman–Crippen MR) is 297 cm³/mol. The first-order valence-electron chi connectivity index (χ1n) is 28.0. The van der Waals surface area contributed by atoms with Crippen molar-refractivity contribution in [1.82, 2.24) is 0 Å². The summed E-state index contributed by atoms with van der Waals surface area (Å²) in [4.78, 5) is 38.1. The minimum atomic E-state index is -0.807. The second-order valence-electron chi connectivity index (χ2n) is 18.1. The minimum Gasteiger partial charge on any atom is -0.462 e. The van der Waals surface area contributed by atoms with E-state index in [4.69, 9.17) is 14.2 Å². The Balaban J connectivity index is 4.51. The van der Waals surface area contributed by atoms with Crippen LogP contribution in [0, 0.1) is 0 Å². The summed E-state index contributed by atoms with van der Waals surface area (Å²) < 4.78 is 16.8. The number of rotatable bonds is 49. The maximum absolute atomic E-state index is 12.9. The molecule has 6 nitrogen and oxygen atoms in total. The lowest BCUT2D eigenvalue weighted by Crippen LogP contribution is -2.30. The molecule has 0 aliphatic carbocycles. The summed E-state index contributed by atoms with van der Waals surface area (Å²) in [5.74, 6) is -0.963. The Labute approximate surface area is 424 Å². The second-order valence-corrected chi connectivity index (χ2v) is 18.1. The van der Waals surface area contributed by atoms with Crippen molar-refractivity contribution in [1.29, 1.82) is 0 Å². The molecular formula is C63H102O6. The summed E-state index contributed by atoms with van der Waals surface area (Å²) in [7, 11) is 0. The largest absolute Gasteiger partial charge is 0.462 e. The quantitative estimate of drug-likeness (QED) is 0.0262. The number of allylic oxidation sites excluding steroid dienone is 20. The number of unbranched alkanes of at least 4 members (excludes halogenated alkanes) is 18. The fourth-order valence-corrected chi connectivity index (χ4v) is 7.28. The predicted octanol–water partition coefficient (Wildman–Crippen LogP) is 18.9. The standard InChI is InChI=1S/C63H102O6/c1-4-7-10-13-16-19-22-25-28-30-31-33-35-38-41-44-47-50-53-56-62(65)68-59-60(58-67-61(64)55-52-49-46-43-40-37-34-27-24-21-18-15-12-9-6-3)69-63(66)57-54-51-48-45-42-39-36-32-29-26-23-20-17-14-11-8-5-2/h7,9-10,12,16-21,25-29,31,33-34,38,41,60H,4-6,8,11,13-15,22-24,30,32,35-37,39-40,42-59H2,1-3H3/b10-7-,12-9-,19-16-,20-17-,21-18-,28-25-,29-26-,33-31-,34-27-,41-38-. The van der Waals surface area contributed by atoms with Gasteiger partial charge in [0.25, 0.3) is 0 Å². The molecule has 0 aromatic heterocycles. The number of hydrogen-bond donors (Lipinski definition) is 0. The molecule has 69 heavy (non-hydrogen) atoms. The second kappa shape index (κ2) is 56.4. The molecule has 1 atom stereocenters. The van der Waals surface area contributed by atoms with E-state index in [-0.39, 0.29) is 31.1 Å². The molecule has 0 spiro atoms. The van der Waals surface area contributed by atoms with Gasteiger partial charge >= 0.3 is 17.9 Å². The smallest absolute Gasteiger partial charge is 0.306 e. The van der Waals surface area contributed by atoms with Crippen LogP contribution in [0.25, 0.3) is 0 Å². The van der Waals surface area contributed by atoms with Crippen LogP contribution < -0.4 is 0 Å². The van der Waals surface area contributed by atoms with E-state index >= 15 is 0 Å². The summed E-state index contributed by atoms with van der Waals surface area (Å²) in [5, 5.41) is 0. The summed E-state index contributed by atoms with van der Waals surface area (Å²) in [5.41, 5.74) is 0. The van der Waals surface area contributed by atoms with Crippen LogP contribution in [0.4, 0.5) is 0 Å². The van der Waals surface area contributed by atoms with E-state index in [1.165, 1.54) is 51.4 Å². The van der Waals surface area contributed by atoms with Gasteiger partial charge in [0.05, 0.1) is 0 Å². The molecule has 0 aliphatic heterocycles. The van der Waals surface area contributed by atoms with Crippen molar-refractivity contribution >= 4 is 17.9 Å². The van der Waals surface area contributed by atoms with E-state index in [0.29, 0.717) is 19.3 Å². The van der Waals surface area contributed by atoms with Gasteiger partial charge in [0, 0.05) is 19.3 Å². The minimum absolute atomic E-state index is 0.104. The molecule has 1 unspecified atom stereocenters. The number of hydrogen-bond acceptors (Lipinski definition) is 6. The zero-order valence-electron chi connectivity index (χ0n) is 44.5. The van der Waals surface area contributed by atoms with Crippen LogP contribution in [-0.4, -0.2) is 37.2 Å². The van der Waals surface area contributed by atoms with Crippen LogP contribution in [0.15, 0.2) is 122 Å². The van der Waals surface area contributed by atoms with Crippen molar-refractivity contribution in [2.75, 3.05) is 13.2 Å². The van der Waals surface area contributed by atoms with Gasteiger partial charge in [-0.25, -0.2) is 0 Å². The Morgan fingerprint density at radius 1 is 0.304 bits per heavy atom. The highest BCUT2D eigenvalue weighted by atomic mass is 16.6. The van der Waals surface area contributed by atoms with E-state index in [1.54, 1.807) is 0 Å². The van der Waals surface area contributed by atoms with Crippen LogP contribution in [0.2, 0.25) is 0 Å². The Bertz CT molecular complexity index is 1470. The summed E-state index contributed by atoms with van der Waals surface area (Å²) in [6.07, 6.45) is 77.5. The van der Waals surface area contributed by atoms with Crippen molar-refractivity contribution in [3.05, 3.63) is 122 Å². The number of carbonyl (C=O) groups excluding carboxylic acids is 3. The van der Waals surface area contributed by atoms with Crippen molar-refractivity contribution in [2.24, 2.45) is 0 Å². The van der Waals surface area contributed by atoms with E-state index < -0.39 is 6.10 Å². The first-order valence-corrected chi connectivity index (χ1v) is 28.0. The van der Waals surface area contributed by atoms with E-state index in [1.807, 2.05) is 0 Å². The normalized spacial score (nSPS) is 13.0. The Kier molecular flexibility index (Phi) is 53.0. The van der Waals surface area contributed by atoms with Crippen molar-refractivity contribution in [3.63, 3.8) is 0 Å². The molecule has 0 aromatic carbocycles. The third-order valence-corrected chi connectivity index (χ3v) is 11.4. The van der Waals surface area contributed by atoms with Crippen molar-refractivity contribution in [2.45, 2.75) is 245 Å². The molecule has 0 bridgehead atoms. The molecule has 0 aliphatic rings. The van der Waals surface area contributed by atoms with Crippen LogP contribution in [0.3, 0.4) is 0 Å². The summed E-state index contributed by atoms with van der Waals surface area (Å²) in [6, 6.07) is 0. The fraction of sp³-hybridized carbons (Fsp3) is 0.635. The summed E-state index contributed by atoms with van der Waals surface area (Å²) >= 11 is 0. The molecule has 0 saturated carbocycles. The molecule has 6 heteroatoms. The lowest BCUT2D eigenvalue weighted by molar-refractivity contribution is -0.167. The average Bonchev–Trinajstić information content (AvgIpc) is 3.35. The van der Waals surface area contributed by atoms with Gasteiger partial charge in [-0.05, 0) is 128 Å². The van der Waals surface area contributed by atoms with Crippen LogP contribution in [0.1, 0.15) is 239 Å². The van der Waals surface area contributed by atoms with Crippen LogP contribution >= 0.6 is 0 Å². The van der Waals surface area contributed by atoms with Gasteiger partial charge in [0.2, 0.25) is 0 Å². The van der Waals surface area contributed by atoms with E-state index in [9.17, 15) is 14.4 Å². The Hall–Kier alpha value is -4.19. The molecule has 0 rings (SSSR count). The topological polar surface area (TPSA) is 78.9 Å². The maximum Gasteiger partial charge on any atom is 0.306 e. The first-order chi connectivity index (χ1) is 34.0. The number of esters is 3. The van der Waals surface area contributed by atoms with Crippen molar-refractivity contribution in [3.8, 4) is 0 Å². The zero-order chi connectivity index (χ0) is 50.0. The number of ether oxygens (including phenoxy) is 3. The molecule has 0 aromatic rings. The molecular weight excluding hydrogens is 853 g/mol. The number of carbonyl (C=O) groups is 3. The highest BCUT2D eigenvalue weighted by Gasteiger charge is 2.19.